The fraction of sp³-hybridized carbons (Fsp3) is 0.250. The fourth-order valence-electron chi connectivity index (χ4n) is 3.44. The van der Waals surface area contributed by atoms with E-state index < -0.39 is 43.3 Å². The Morgan fingerprint density at radius 2 is 1.67 bits per heavy atom. The van der Waals surface area contributed by atoms with Crippen LogP contribution in [0.3, 0.4) is 0 Å². The number of sulfone groups is 1. The molecule has 0 bridgehead atoms. The highest BCUT2D eigenvalue weighted by Gasteiger charge is 2.34. The van der Waals surface area contributed by atoms with E-state index in [0.29, 0.717) is 35.5 Å². The molecule has 0 N–H and O–H groups in total. The van der Waals surface area contributed by atoms with Crippen LogP contribution in [0.4, 0.5) is 22.7 Å². The van der Waals surface area contributed by atoms with E-state index in [1.807, 2.05) is 4.90 Å². The van der Waals surface area contributed by atoms with Gasteiger partial charge in [0.2, 0.25) is 0 Å². The Morgan fingerprint density at radius 3 is 2.33 bits per heavy atom. The minimum Gasteiger partial charge on any atom is -0.348 e. The Labute approximate surface area is 174 Å². The van der Waals surface area contributed by atoms with Crippen molar-refractivity contribution in [1.29, 1.82) is 0 Å². The molecule has 0 spiro atoms. The van der Waals surface area contributed by atoms with Crippen LogP contribution in [-0.4, -0.2) is 31.7 Å². The molecule has 1 aromatic heterocycles. The second-order valence-electron chi connectivity index (χ2n) is 6.95. The van der Waals surface area contributed by atoms with Gasteiger partial charge in [0.25, 0.3) is 0 Å². The lowest BCUT2D eigenvalue weighted by Crippen LogP contribution is -2.39. The minimum absolute atomic E-state index is 0.263. The predicted molar refractivity (Wildman–Crippen MR) is 106 cm³/mol. The molecule has 2 aromatic carbocycles. The molecule has 10 heteroatoms. The SMILES string of the molecule is O=S(=O)(c1ccc(F)cc1F)C1CCN(c2nc(-c3ccc(F)c(F)c3)cs2)CC1. The normalized spacial score (nSPS) is 15.5. The van der Waals surface area contributed by atoms with Crippen molar-refractivity contribution in [2.24, 2.45) is 0 Å². The molecule has 4 rings (SSSR count). The van der Waals surface area contributed by atoms with Gasteiger partial charge in [-0.15, -0.1) is 11.3 Å². The van der Waals surface area contributed by atoms with Crippen molar-refractivity contribution < 1.29 is 26.0 Å². The second-order valence-corrected chi connectivity index (χ2v) is 9.98. The summed E-state index contributed by atoms with van der Waals surface area (Å²) >= 11 is 1.32. The molecule has 1 aliphatic rings. The molecule has 1 saturated heterocycles. The molecule has 1 fully saturated rings. The number of benzene rings is 2. The fourth-order valence-corrected chi connectivity index (χ4v) is 6.11. The predicted octanol–water partition coefficient (Wildman–Crippen LogP) is 4.81. The number of rotatable bonds is 4. The molecule has 0 amide bonds. The number of aromatic nitrogens is 1. The quantitative estimate of drug-likeness (QED) is 0.418. The van der Waals surface area contributed by atoms with Gasteiger partial charge in [-0.2, -0.15) is 0 Å². The molecule has 30 heavy (non-hydrogen) atoms. The summed E-state index contributed by atoms with van der Waals surface area (Å²) in [5.74, 6) is -3.81. The first kappa shape index (κ1) is 20.8. The topological polar surface area (TPSA) is 50.3 Å². The molecule has 1 aliphatic heterocycles. The van der Waals surface area contributed by atoms with E-state index in [1.165, 1.54) is 17.4 Å². The molecule has 0 aliphatic carbocycles. The molecule has 2 heterocycles. The first-order chi connectivity index (χ1) is 14.3. The van der Waals surface area contributed by atoms with Gasteiger partial charge in [0.05, 0.1) is 10.9 Å². The molecule has 0 saturated carbocycles. The number of piperidine rings is 1. The first-order valence-electron chi connectivity index (χ1n) is 9.10. The average molecular weight is 456 g/mol. The van der Waals surface area contributed by atoms with Crippen molar-refractivity contribution in [2.75, 3.05) is 18.0 Å². The minimum atomic E-state index is -3.92. The lowest BCUT2D eigenvalue weighted by molar-refractivity contribution is 0.509. The maximum absolute atomic E-state index is 14.0. The van der Waals surface area contributed by atoms with Crippen LogP contribution < -0.4 is 4.90 Å². The van der Waals surface area contributed by atoms with Gasteiger partial charge in [0.15, 0.2) is 26.6 Å². The monoisotopic (exact) mass is 456 g/mol. The summed E-state index contributed by atoms with van der Waals surface area (Å²) in [4.78, 5) is 5.86. The summed E-state index contributed by atoms with van der Waals surface area (Å²) in [6.45, 7) is 0.773. The van der Waals surface area contributed by atoms with Gasteiger partial charge >= 0.3 is 0 Å². The summed E-state index contributed by atoms with van der Waals surface area (Å²) < 4.78 is 79.1. The Balaban J connectivity index is 1.47. The Bertz CT molecular complexity index is 1190. The van der Waals surface area contributed by atoms with E-state index in [9.17, 15) is 26.0 Å². The van der Waals surface area contributed by atoms with E-state index in [-0.39, 0.29) is 12.8 Å². The van der Waals surface area contributed by atoms with Crippen molar-refractivity contribution in [1.82, 2.24) is 4.98 Å². The molecule has 0 radical (unpaired) electrons. The third-order valence-corrected chi connectivity index (χ3v) is 8.25. The van der Waals surface area contributed by atoms with E-state index in [0.717, 1.165) is 24.3 Å². The Kier molecular flexibility index (Phi) is 5.54. The van der Waals surface area contributed by atoms with Crippen LogP contribution in [-0.2, 0) is 9.84 Å². The largest absolute Gasteiger partial charge is 0.348 e. The smallest absolute Gasteiger partial charge is 0.185 e. The maximum Gasteiger partial charge on any atom is 0.185 e. The molecule has 3 aromatic rings. The van der Waals surface area contributed by atoms with Crippen LogP contribution in [0.25, 0.3) is 11.3 Å². The number of anilines is 1. The van der Waals surface area contributed by atoms with Crippen LogP contribution in [0.1, 0.15) is 12.8 Å². The van der Waals surface area contributed by atoms with Gasteiger partial charge in [-0.25, -0.2) is 31.0 Å². The van der Waals surface area contributed by atoms with E-state index in [2.05, 4.69) is 4.98 Å². The summed E-state index contributed by atoms with van der Waals surface area (Å²) in [7, 11) is -3.92. The third kappa shape index (κ3) is 3.93. The standard InChI is InChI=1S/C20H16F4N2O2S2/c21-13-2-4-19(17(24)10-13)30(27,28)14-5-7-26(8-6-14)20-25-18(11-29-20)12-1-3-15(22)16(23)9-12/h1-4,9-11,14H,5-8H2. The average Bonchev–Trinajstić information content (AvgIpc) is 3.20. The molecule has 158 valence electrons. The van der Waals surface area contributed by atoms with Gasteiger partial charge < -0.3 is 4.90 Å². The van der Waals surface area contributed by atoms with Crippen LogP contribution in [0.2, 0.25) is 0 Å². The van der Waals surface area contributed by atoms with Crippen LogP contribution in [0, 0.1) is 23.3 Å². The number of thiazole rings is 1. The zero-order valence-corrected chi connectivity index (χ0v) is 17.1. The second kappa shape index (κ2) is 7.99. The van der Waals surface area contributed by atoms with Crippen molar-refractivity contribution in [3.8, 4) is 11.3 Å². The Hall–Kier alpha value is -2.46. The summed E-state index contributed by atoms with van der Waals surface area (Å²) in [5.41, 5.74) is 0.942. The van der Waals surface area contributed by atoms with Crippen molar-refractivity contribution in [3.63, 3.8) is 0 Å². The van der Waals surface area contributed by atoms with Crippen LogP contribution in [0.15, 0.2) is 46.7 Å². The zero-order valence-electron chi connectivity index (χ0n) is 15.5. The number of halogens is 4. The maximum atomic E-state index is 14.0. The van der Waals surface area contributed by atoms with Gasteiger partial charge in [0, 0.05) is 30.1 Å². The van der Waals surface area contributed by atoms with Gasteiger partial charge in [-0.3, -0.25) is 0 Å². The summed E-state index contributed by atoms with van der Waals surface area (Å²) in [6, 6.07) is 6.01. The van der Waals surface area contributed by atoms with Crippen molar-refractivity contribution >= 4 is 26.3 Å². The van der Waals surface area contributed by atoms with Crippen LogP contribution in [0.5, 0.6) is 0 Å². The van der Waals surface area contributed by atoms with Gasteiger partial charge in [-0.05, 0) is 43.2 Å². The van der Waals surface area contributed by atoms with Gasteiger partial charge in [-0.1, -0.05) is 0 Å². The first-order valence-corrected chi connectivity index (χ1v) is 11.5. The lowest BCUT2D eigenvalue weighted by atomic mass is 10.1. The van der Waals surface area contributed by atoms with E-state index in [4.69, 9.17) is 0 Å². The Morgan fingerprint density at radius 1 is 0.933 bits per heavy atom. The molecular formula is C20H16F4N2O2S2. The molecular weight excluding hydrogens is 440 g/mol. The molecule has 0 unspecified atom stereocenters. The lowest BCUT2D eigenvalue weighted by Gasteiger charge is -2.31. The zero-order chi connectivity index (χ0) is 21.5. The van der Waals surface area contributed by atoms with Crippen LogP contribution >= 0.6 is 11.3 Å². The number of hydrogen-bond acceptors (Lipinski definition) is 5. The third-order valence-electron chi connectivity index (χ3n) is 5.06. The van der Waals surface area contributed by atoms with Crippen molar-refractivity contribution in [3.05, 3.63) is 65.0 Å². The molecule has 0 atom stereocenters. The number of nitrogens with zero attached hydrogens (tertiary/aromatic N) is 2. The van der Waals surface area contributed by atoms with E-state index in [1.54, 1.807) is 5.38 Å². The molecule has 4 nitrogen and oxygen atoms in total. The summed E-state index contributed by atoms with van der Waals surface area (Å²) in [6.07, 6.45) is 0.526. The number of hydrogen-bond donors (Lipinski definition) is 0. The highest BCUT2D eigenvalue weighted by atomic mass is 32.2. The summed E-state index contributed by atoms with van der Waals surface area (Å²) in [5, 5.41) is 1.58. The van der Waals surface area contributed by atoms with Gasteiger partial charge in [0.1, 0.15) is 16.5 Å². The highest BCUT2D eigenvalue weighted by Crippen LogP contribution is 2.32. The van der Waals surface area contributed by atoms with E-state index >= 15 is 0 Å². The highest BCUT2D eigenvalue weighted by molar-refractivity contribution is 7.92. The van der Waals surface area contributed by atoms with Crippen molar-refractivity contribution in [2.45, 2.75) is 23.0 Å².